The van der Waals surface area contributed by atoms with Crippen LogP contribution in [0.2, 0.25) is 0 Å². The SMILES string of the molecule is Cc1ccnc2nc(C(=O)Nc3ccc4c(c3)CCN4C(=O)c3ccoc3)nn12. The molecule has 5 rings (SSSR count). The Morgan fingerprint density at radius 2 is 2.10 bits per heavy atom. The molecular formula is C20H16N6O3. The summed E-state index contributed by atoms with van der Waals surface area (Å²) in [7, 11) is 0. The molecule has 144 valence electrons. The van der Waals surface area contributed by atoms with E-state index in [1.807, 2.05) is 19.1 Å². The third-order valence-corrected chi connectivity index (χ3v) is 4.88. The molecule has 4 heterocycles. The highest BCUT2D eigenvalue weighted by Gasteiger charge is 2.26. The number of nitrogens with zero attached hydrogens (tertiary/aromatic N) is 5. The Hall–Kier alpha value is -4.01. The number of furan rings is 1. The summed E-state index contributed by atoms with van der Waals surface area (Å²) in [6, 6.07) is 8.90. The lowest BCUT2D eigenvalue weighted by molar-refractivity contribution is 0.0986. The number of carbonyl (C=O) groups excluding carboxylic acids is 2. The molecule has 1 N–H and O–H groups in total. The quantitative estimate of drug-likeness (QED) is 0.578. The van der Waals surface area contributed by atoms with Gasteiger partial charge in [-0.15, -0.1) is 5.10 Å². The van der Waals surface area contributed by atoms with Crippen LogP contribution in [0.25, 0.3) is 5.78 Å². The van der Waals surface area contributed by atoms with E-state index in [0.717, 1.165) is 16.9 Å². The van der Waals surface area contributed by atoms with Gasteiger partial charge in [-0.3, -0.25) is 9.59 Å². The molecule has 0 radical (unpaired) electrons. The molecule has 0 aliphatic carbocycles. The Balaban J connectivity index is 1.37. The van der Waals surface area contributed by atoms with Crippen molar-refractivity contribution < 1.29 is 14.0 Å². The number of nitrogens with one attached hydrogen (secondary N) is 1. The van der Waals surface area contributed by atoms with Gasteiger partial charge in [0.25, 0.3) is 17.6 Å². The maximum absolute atomic E-state index is 12.6. The maximum atomic E-state index is 12.6. The number of benzene rings is 1. The summed E-state index contributed by atoms with van der Waals surface area (Å²) in [5.74, 6) is -0.105. The number of carbonyl (C=O) groups is 2. The van der Waals surface area contributed by atoms with Crippen molar-refractivity contribution in [1.29, 1.82) is 0 Å². The van der Waals surface area contributed by atoms with Crippen molar-refractivity contribution in [3.8, 4) is 0 Å². The van der Waals surface area contributed by atoms with E-state index in [2.05, 4.69) is 20.4 Å². The van der Waals surface area contributed by atoms with E-state index in [1.165, 1.54) is 17.0 Å². The minimum Gasteiger partial charge on any atom is -0.472 e. The zero-order valence-corrected chi connectivity index (χ0v) is 15.5. The molecule has 1 aromatic carbocycles. The standard InChI is InChI=1S/C20H16N6O3/c1-12-4-7-21-20-23-17(24-26(12)20)18(27)22-15-2-3-16-13(10-15)5-8-25(16)19(28)14-6-9-29-11-14/h2-4,6-7,9-11H,5,8H2,1H3,(H,22,27). The van der Waals surface area contributed by atoms with Crippen molar-refractivity contribution in [1.82, 2.24) is 19.6 Å². The molecule has 0 fully saturated rings. The van der Waals surface area contributed by atoms with Crippen LogP contribution in [0.1, 0.15) is 32.2 Å². The average molecular weight is 388 g/mol. The van der Waals surface area contributed by atoms with Gasteiger partial charge in [0.15, 0.2) is 0 Å². The Morgan fingerprint density at radius 3 is 2.90 bits per heavy atom. The molecule has 4 aromatic rings. The minimum atomic E-state index is -0.417. The van der Waals surface area contributed by atoms with Gasteiger partial charge in [-0.25, -0.2) is 9.50 Å². The fraction of sp³-hybridized carbons (Fsp3) is 0.150. The summed E-state index contributed by atoms with van der Waals surface area (Å²) >= 11 is 0. The number of rotatable bonds is 3. The molecule has 0 spiro atoms. The molecule has 0 atom stereocenters. The molecule has 0 unspecified atom stereocenters. The van der Waals surface area contributed by atoms with Crippen LogP contribution in [0.15, 0.2) is 53.5 Å². The summed E-state index contributed by atoms with van der Waals surface area (Å²) in [4.78, 5) is 35.2. The van der Waals surface area contributed by atoms with Crippen LogP contribution < -0.4 is 10.2 Å². The van der Waals surface area contributed by atoms with Crippen molar-refractivity contribution in [2.75, 3.05) is 16.8 Å². The summed E-state index contributed by atoms with van der Waals surface area (Å²) in [5, 5.41) is 7.03. The predicted molar refractivity (Wildman–Crippen MR) is 104 cm³/mol. The van der Waals surface area contributed by atoms with Crippen LogP contribution in [0, 0.1) is 6.92 Å². The highest BCUT2D eigenvalue weighted by molar-refractivity contribution is 6.07. The Labute approximate surface area is 165 Å². The lowest BCUT2D eigenvalue weighted by Crippen LogP contribution is -2.28. The Morgan fingerprint density at radius 1 is 1.21 bits per heavy atom. The molecular weight excluding hydrogens is 372 g/mol. The predicted octanol–water partition coefficient (Wildman–Crippen LogP) is 2.48. The first-order chi connectivity index (χ1) is 14.1. The smallest absolute Gasteiger partial charge is 0.295 e. The molecule has 29 heavy (non-hydrogen) atoms. The number of fused-ring (bicyclic) bond motifs is 2. The zero-order valence-electron chi connectivity index (χ0n) is 15.5. The highest BCUT2D eigenvalue weighted by atomic mass is 16.3. The van der Waals surface area contributed by atoms with Gasteiger partial charge in [-0.1, -0.05) is 0 Å². The minimum absolute atomic E-state index is 0.0454. The molecule has 1 aliphatic heterocycles. The van der Waals surface area contributed by atoms with Gasteiger partial charge < -0.3 is 14.6 Å². The lowest BCUT2D eigenvalue weighted by Gasteiger charge is -2.16. The first kappa shape index (κ1) is 17.1. The molecule has 3 aromatic heterocycles. The van der Waals surface area contributed by atoms with Crippen molar-refractivity contribution in [2.24, 2.45) is 0 Å². The third kappa shape index (κ3) is 2.92. The second-order valence-electron chi connectivity index (χ2n) is 6.75. The van der Waals surface area contributed by atoms with Crippen molar-refractivity contribution in [3.63, 3.8) is 0 Å². The number of hydrogen-bond acceptors (Lipinski definition) is 6. The van der Waals surface area contributed by atoms with Gasteiger partial charge in [0, 0.05) is 29.8 Å². The van der Waals surface area contributed by atoms with E-state index >= 15 is 0 Å². The fourth-order valence-electron chi connectivity index (χ4n) is 3.42. The topological polar surface area (TPSA) is 106 Å². The summed E-state index contributed by atoms with van der Waals surface area (Å²) < 4.78 is 6.53. The van der Waals surface area contributed by atoms with E-state index in [1.54, 1.807) is 29.3 Å². The van der Waals surface area contributed by atoms with Gasteiger partial charge in [-0.2, -0.15) is 4.98 Å². The average Bonchev–Trinajstić information content (AvgIpc) is 3.46. The summed E-state index contributed by atoms with van der Waals surface area (Å²) in [6.45, 7) is 2.44. The van der Waals surface area contributed by atoms with Gasteiger partial charge >= 0.3 is 0 Å². The third-order valence-electron chi connectivity index (χ3n) is 4.88. The van der Waals surface area contributed by atoms with Gasteiger partial charge in [0.2, 0.25) is 5.82 Å². The largest absolute Gasteiger partial charge is 0.472 e. The van der Waals surface area contributed by atoms with E-state index < -0.39 is 5.91 Å². The summed E-state index contributed by atoms with van der Waals surface area (Å²) in [5.41, 5.74) is 3.79. The number of aromatic nitrogens is 4. The Bertz CT molecular complexity index is 1240. The fourth-order valence-corrected chi connectivity index (χ4v) is 3.42. The van der Waals surface area contributed by atoms with Crippen molar-refractivity contribution >= 4 is 29.0 Å². The zero-order chi connectivity index (χ0) is 20.0. The first-order valence-electron chi connectivity index (χ1n) is 9.07. The van der Waals surface area contributed by atoms with Crippen LogP contribution in [-0.2, 0) is 6.42 Å². The highest BCUT2D eigenvalue weighted by Crippen LogP contribution is 2.31. The van der Waals surface area contributed by atoms with Gasteiger partial charge in [0.05, 0.1) is 11.8 Å². The molecule has 2 amide bonds. The van der Waals surface area contributed by atoms with E-state index in [9.17, 15) is 9.59 Å². The lowest BCUT2D eigenvalue weighted by atomic mass is 10.1. The van der Waals surface area contributed by atoms with Crippen LogP contribution >= 0.6 is 0 Å². The van der Waals surface area contributed by atoms with Crippen molar-refractivity contribution in [3.05, 3.63) is 71.7 Å². The van der Waals surface area contributed by atoms with E-state index in [-0.39, 0.29) is 11.7 Å². The molecule has 0 bridgehead atoms. The number of amides is 2. The number of hydrogen-bond donors (Lipinski definition) is 1. The second kappa shape index (κ2) is 6.55. The first-order valence-corrected chi connectivity index (χ1v) is 9.07. The van der Waals surface area contributed by atoms with Gasteiger partial charge in [-0.05, 0) is 49.2 Å². The molecule has 9 heteroatoms. The number of aryl methyl sites for hydroxylation is 1. The normalized spacial score (nSPS) is 12.9. The van der Waals surface area contributed by atoms with E-state index in [0.29, 0.717) is 30.0 Å². The van der Waals surface area contributed by atoms with Crippen molar-refractivity contribution in [2.45, 2.75) is 13.3 Å². The van der Waals surface area contributed by atoms with Crippen LogP contribution in [0.5, 0.6) is 0 Å². The monoisotopic (exact) mass is 388 g/mol. The molecule has 9 nitrogen and oxygen atoms in total. The second-order valence-corrected chi connectivity index (χ2v) is 6.75. The maximum Gasteiger partial charge on any atom is 0.295 e. The van der Waals surface area contributed by atoms with Crippen LogP contribution in [0.3, 0.4) is 0 Å². The van der Waals surface area contributed by atoms with E-state index in [4.69, 9.17) is 4.42 Å². The molecule has 0 saturated carbocycles. The number of anilines is 2. The molecule has 1 aliphatic rings. The summed E-state index contributed by atoms with van der Waals surface area (Å²) in [6.07, 6.45) is 5.25. The van der Waals surface area contributed by atoms with Crippen LogP contribution in [-0.4, -0.2) is 37.9 Å². The van der Waals surface area contributed by atoms with Crippen LogP contribution in [0.4, 0.5) is 11.4 Å². The molecule has 0 saturated heterocycles. The van der Waals surface area contributed by atoms with Gasteiger partial charge in [0.1, 0.15) is 6.26 Å². The Kier molecular flexibility index (Phi) is 3.87.